The number of rotatable bonds is 6. The summed E-state index contributed by atoms with van der Waals surface area (Å²) >= 11 is 3.05. The van der Waals surface area contributed by atoms with E-state index in [9.17, 15) is 13.2 Å². The summed E-state index contributed by atoms with van der Waals surface area (Å²) < 4.78 is 47.6. The van der Waals surface area contributed by atoms with E-state index in [0.717, 1.165) is 17.5 Å². The first-order valence-corrected chi connectivity index (χ1v) is 10.1. The molecule has 4 rings (SSSR count). The molecule has 158 valence electrons. The number of aryl methyl sites for hydroxylation is 1. The van der Waals surface area contributed by atoms with Crippen LogP contribution in [0.4, 0.5) is 18.9 Å². The van der Waals surface area contributed by atoms with Crippen LogP contribution in [-0.4, -0.2) is 33.0 Å². The molecule has 0 spiro atoms. The van der Waals surface area contributed by atoms with Gasteiger partial charge in [-0.15, -0.1) is 10.2 Å². The second-order valence-corrected chi connectivity index (χ2v) is 8.12. The van der Waals surface area contributed by atoms with Gasteiger partial charge < -0.3 is 14.6 Å². The van der Waals surface area contributed by atoms with E-state index in [2.05, 4.69) is 36.4 Å². The van der Waals surface area contributed by atoms with Crippen molar-refractivity contribution < 1.29 is 17.9 Å². The maximum absolute atomic E-state index is 13.3. The lowest BCUT2D eigenvalue weighted by Crippen LogP contribution is -2.34. The first kappa shape index (κ1) is 20.8. The summed E-state index contributed by atoms with van der Waals surface area (Å²) in [5.74, 6) is 1.09. The van der Waals surface area contributed by atoms with Crippen LogP contribution in [0.25, 0.3) is 0 Å². The SMILES string of the molecule is Cn1cnnc1[C@H](c1cccc(NCc2ncc(Br)cc2C(F)(F)F)c1)C1COC1. The van der Waals surface area contributed by atoms with E-state index < -0.39 is 11.7 Å². The molecule has 0 aliphatic carbocycles. The number of hydrogen-bond donors (Lipinski definition) is 1. The Morgan fingerprint density at radius 2 is 2.10 bits per heavy atom. The van der Waals surface area contributed by atoms with Crippen molar-refractivity contribution in [3.63, 3.8) is 0 Å². The van der Waals surface area contributed by atoms with Crippen LogP contribution >= 0.6 is 15.9 Å². The summed E-state index contributed by atoms with van der Waals surface area (Å²) in [5.41, 5.74) is 0.888. The molecule has 2 aromatic heterocycles. The van der Waals surface area contributed by atoms with Gasteiger partial charge in [0.15, 0.2) is 0 Å². The first-order valence-electron chi connectivity index (χ1n) is 9.30. The number of nitrogens with one attached hydrogen (secondary N) is 1. The van der Waals surface area contributed by atoms with Crippen LogP contribution in [0.3, 0.4) is 0 Å². The number of anilines is 1. The lowest BCUT2D eigenvalue weighted by atomic mass is 9.84. The van der Waals surface area contributed by atoms with Gasteiger partial charge in [-0.1, -0.05) is 12.1 Å². The molecule has 0 unspecified atom stereocenters. The van der Waals surface area contributed by atoms with Crippen molar-refractivity contribution in [3.8, 4) is 0 Å². The van der Waals surface area contributed by atoms with E-state index in [1.807, 2.05) is 35.9 Å². The monoisotopic (exact) mass is 481 g/mol. The Morgan fingerprint density at radius 1 is 1.30 bits per heavy atom. The fourth-order valence-corrected chi connectivity index (χ4v) is 3.87. The molecule has 1 saturated heterocycles. The maximum atomic E-state index is 13.3. The fourth-order valence-electron chi connectivity index (χ4n) is 3.53. The van der Waals surface area contributed by atoms with Crippen molar-refractivity contribution in [1.29, 1.82) is 0 Å². The van der Waals surface area contributed by atoms with Gasteiger partial charge >= 0.3 is 6.18 Å². The van der Waals surface area contributed by atoms with Gasteiger partial charge in [0.2, 0.25) is 0 Å². The first-order chi connectivity index (χ1) is 14.3. The van der Waals surface area contributed by atoms with Gasteiger partial charge in [0.25, 0.3) is 0 Å². The maximum Gasteiger partial charge on any atom is 0.418 e. The number of alkyl halides is 3. The number of halogens is 4. The molecule has 1 aromatic carbocycles. The quantitative estimate of drug-likeness (QED) is 0.565. The Balaban J connectivity index is 1.58. The van der Waals surface area contributed by atoms with E-state index in [0.29, 0.717) is 18.9 Å². The minimum atomic E-state index is -4.48. The predicted molar refractivity (Wildman–Crippen MR) is 108 cm³/mol. The molecule has 1 aliphatic rings. The summed E-state index contributed by atoms with van der Waals surface area (Å²) in [6.45, 7) is 1.21. The Kier molecular flexibility index (Phi) is 5.79. The number of hydrogen-bond acceptors (Lipinski definition) is 5. The smallest absolute Gasteiger partial charge is 0.381 e. The van der Waals surface area contributed by atoms with E-state index in [1.54, 1.807) is 6.33 Å². The standard InChI is InChI=1S/C20H19BrF3N5O/c1-29-11-27-28-19(29)18(13-9-30-10-13)12-3-2-4-15(5-12)25-8-17-16(20(22,23)24)6-14(21)7-26-17/h2-7,11,13,18,25H,8-10H2,1H3/t18-/m1/s1. The molecule has 30 heavy (non-hydrogen) atoms. The molecule has 3 heterocycles. The van der Waals surface area contributed by atoms with Crippen molar-refractivity contribution in [1.82, 2.24) is 19.7 Å². The Hall–Kier alpha value is -2.46. The molecule has 6 nitrogen and oxygen atoms in total. The minimum absolute atomic E-state index is 0.00968. The zero-order chi connectivity index (χ0) is 21.3. The predicted octanol–water partition coefficient (Wildman–Crippen LogP) is 4.38. The molecular weight excluding hydrogens is 463 g/mol. The highest BCUT2D eigenvalue weighted by molar-refractivity contribution is 9.10. The number of aromatic nitrogens is 4. The van der Waals surface area contributed by atoms with Crippen molar-refractivity contribution in [2.45, 2.75) is 18.6 Å². The number of nitrogens with zero attached hydrogens (tertiary/aromatic N) is 4. The highest BCUT2D eigenvalue weighted by Crippen LogP contribution is 2.36. The van der Waals surface area contributed by atoms with Crippen molar-refractivity contribution >= 4 is 21.6 Å². The van der Waals surface area contributed by atoms with Gasteiger partial charge in [-0.05, 0) is 39.7 Å². The average Bonchev–Trinajstić information content (AvgIpc) is 3.08. The minimum Gasteiger partial charge on any atom is -0.381 e. The zero-order valence-electron chi connectivity index (χ0n) is 16.0. The van der Waals surface area contributed by atoms with Gasteiger partial charge in [0, 0.05) is 29.3 Å². The summed E-state index contributed by atoms with van der Waals surface area (Å²) in [6, 6.07) is 8.66. The summed E-state index contributed by atoms with van der Waals surface area (Å²) in [4.78, 5) is 3.95. The van der Waals surface area contributed by atoms with Gasteiger partial charge in [0.1, 0.15) is 12.2 Å². The third kappa shape index (κ3) is 4.34. The Morgan fingerprint density at radius 3 is 2.73 bits per heavy atom. The Labute approximate surface area is 179 Å². The largest absolute Gasteiger partial charge is 0.418 e. The molecular formula is C20H19BrF3N5O. The van der Waals surface area contributed by atoms with Crippen molar-refractivity contribution in [3.05, 3.63) is 70.0 Å². The number of benzene rings is 1. The normalized spacial score (nSPS) is 15.6. The van der Waals surface area contributed by atoms with E-state index in [1.165, 1.54) is 6.20 Å². The van der Waals surface area contributed by atoms with E-state index in [4.69, 9.17) is 4.74 Å². The lowest BCUT2D eigenvalue weighted by Gasteiger charge is -2.33. The fraction of sp³-hybridized carbons (Fsp3) is 0.350. The second-order valence-electron chi connectivity index (χ2n) is 7.20. The Bertz CT molecular complexity index is 1040. The molecule has 10 heteroatoms. The van der Waals surface area contributed by atoms with Gasteiger partial charge in [0.05, 0.1) is 36.9 Å². The topological polar surface area (TPSA) is 64.9 Å². The molecule has 0 bridgehead atoms. The zero-order valence-corrected chi connectivity index (χ0v) is 17.6. The van der Waals surface area contributed by atoms with Crippen LogP contribution in [0.2, 0.25) is 0 Å². The van der Waals surface area contributed by atoms with Crippen molar-refractivity contribution in [2.24, 2.45) is 13.0 Å². The third-order valence-electron chi connectivity index (χ3n) is 5.11. The molecule has 0 radical (unpaired) electrons. The molecule has 0 saturated carbocycles. The van der Waals surface area contributed by atoms with E-state index >= 15 is 0 Å². The van der Waals surface area contributed by atoms with Gasteiger partial charge in [-0.25, -0.2) is 0 Å². The van der Waals surface area contributed by atoms with Crippen LogP contribution in [-0.2, 0) is 24.5 Å². The van der Waals surface area contributed by atoms with Gasteiger partial charge in [-0.2, -0.15) is 13.2 Å². The van der Waals surface area contributed by atoms with Crippen LogP contribution in [0, 0.1) is 5.92 Å². The van der Waals surface area contributed by atoms with Gasteiger partial charge in [-0.3, -0.25) is 4.98 Å². The summed E-state index contributed by atoms with van der Waals surface area (Å²) in [6.07, 6.45) is -1.46. The lowest BCUT2D eigenvalue weighted by molar-refractivity contribution is -0.138. The molecule has 1 fully saturated rings. The average molecular weight is 482 g/mol. The van der Waals surface area contributed by atoms with Crippen molar-refractivity contribution in [2.75, 3.05) is 18.5 Å². The van der Waals surface area contributed by atoms with Crippen LogP contribution in [0.15, 0.2) is 47.3 Å². The third-order valence-corrected chi connectivity index (χ3v) is 5.54. The number of pyridine rings is 1. The molecule has 1 atom stereocenters. The van der Waals surface area contributed by atoms with Crippen LogP contribution in [0.1, 0.15) is 28.6 Å². The second kappa shape index (κ2) is 8.35. The van der Waals surface area contributed by atoms with E-state index in [-0.39, 0.29) is 28.5 Å². The molecule has 1 N–H and O–H groups in total. The highest BCUT2D eigenvalue weighted by atomic mass is 79.9. The molecule has 0 amide bonds. The highest BCUT2D eigenvalue weighted by Gasteiger charge is 2.35. The molecule has 3 aromatic rings. The van der Waals surface area contributed by atoms with Crippen LogP contribution in [0.5, 0.6) is 0 Å². The molecule has 1 aliphatic heterocycles. The summed E-state index contributed by atoms with van der Waals surface area (Å²) in [7, 11) is 1.89. The number of ether oxygens (including phenoxy) is 1. The van der Waals surface area contributed by atoms with Crippen LogP contribution < -0.4 is 5.32 Å². The summed E-state index contributed by atoms with van der Waals surface area (Å²) in [5, 5.41) is 11.3.